The Morgan fingerprint density at radius 1 is 1.29 bits per heavy atom. The van der Waals surface area contributed by atoms with Gasteiger partial charge in [0.2, 0.25) is 0 Å². The van der Waals surface area contributed by atoms with Crippen molar-refractivity contribution in [3.05, 3.63) is 52.9 Å². The third-order valence-electron chi connectivity index (χ3n) is 3.25. The summed E-state index contributed by atoms with van der Waals surface area (Å²) in [6, 6.07) is 7.95. The maximum absolute atomic E-state index is 11.4. The Hall–Kier alpha value is -2.36. The molecule has 21 heavy (non-hydrogen) atoms. The molecule has 2 rings (SSSR count). The van der Waals surface area contributed by atoms with Crippen molar-refractivity contribution in [2.24, 2.45) is 0 Å². The Labute approximate surface area is 124 Å². The lowest BCUT2D eigenvalue weighted by Gasteiger charge is -2.14. The first-order valence-corrected chi connectivity index (χ1v) is 6.97. The molecule has 0 saturated heterocycles. The number of carboxylic acid groups (broad SMARTS) is 1. The van der Waals surface area contributed by atoms with E-state index in [2.05, 4.69) is 25.0 Å². The van der Waals surface area contributed by atoms with E-state index in [4.69, 9.17) is 0 Å². The van der Waals surface area contributed by atoms with Crippen LogP contribution in [0.3, 0.4) is 0 Å². The smallest absolute Gasteiger partial charge is 0.339 e. The summed E-state index contributed by atoms with van der Waals surface area (Å²) in [5.74, 6) is -0.631. The van der Waals surface area contributed by atoms with Gasteiger partial charge in [-0.15, -0.1) is 0 Å². The highest BCUT2D eigenvalue weighted by atomic mass is 16.4. The van der Waals surface area contributed by atoms with Crippen molar-refractivity contribution in [2.45, 2.75) is 33.6 Å². The van der Waals surface area contributed by atoms with E-state index in [9.17, 15) is 9.90 Å². The Morgan fingerprint density at radius 2 is 1.95 bits per heavy atom. The van der Waals surface area contributed by atoms with Gasteiger partial charge in [-0.2, -0.15) is 5.10 Å². The van der Waals surface area contributed by atoms with E-state index >= 15 is 0 Å². The van der Waals surface area contributed by atoms with Gasteiger partial charge in [0, 0.05) is 0 Å². The summed E-state index contributed by atoms with van der Waals surface area (Å²) < 4.78 is 1.71. The normalized spacial score (nSPS) is 10.7. The SMILES string of the molecule is CC(C)=Cc1c(C(=O)O)cnn1-c1ccccc1C(C)C. The molecular formula is C17H20N2O2. The predicted molar refractivity (Wildman–Crippen MR) is 83.9 cm³/mol. The van der Waals surface area contributed by atoms with Gasteiger partial charge in [0.05, 0.1) is 17.6 Å². The van der Waals surface area contributed by atoms with Crippen LogP contribution < -0.4 is 0 Å². The topological polar surface area (TPSA) is 55.1 Å². The van der Waals surface area contributed by atoms with Crippen LogP contribution in [0.5, 0.6) is 0 Å². The molecule has 1 heterocycles. The predicted octanol–water partition coefficient (Wildman–Crippen LogP) is 4.12. The molecule has 0 unspecified atom stereocenters. The van der Waals surface area contributed by atoms with Gasteiger partial charge in [-0.05, 0) is 37.5 Å². The van der Waals surface area contributed by atoms with Gasteiger partial charge in [-0.25, -0.2) is 9.48 Å². The second kappa shape index (κ2) is 5.95. The number of aromatic carboxylic acids is 1. The number of nitrogens with zero attached hydrogens (tertiary/aromatic N) is 2. The number of para-hydroxylation sites is 1. The molecule has 0 bridgehead atoms. The Kier molecular flexibility index (Phi) is 4.26. The van der Waals surface area contributed by atoms with E-state index in [1.807, 2.05) is 38.1 Å². The number of carboxylic acids is 1. The highest BCUT2D eigenvalue weighted by molar-refractivity contribution is 5.91. The van der Waals surface area contributed by atoms with Gasteiger partial charge in [0.25, 0.3) is 0 Å². The molecule has 0 aliphatic rings. The van der Waals surface area contributed by atoms with Crippen LogP contribution >= 0.6 is 0 Å². The van der Waals surface area contributed by atoms with Crippen LogP contribution in [-0.2, 0) is 0 Å². The number of carbonyl (C=O) groups is 1. The molecule has 2 aromatic rings. The van der Waals surface area contributed by atoms with Crippen LogP contribution in [0.15, 0.2) is 36.0 Å². The number of benzene rings is 1. The summed E-state index contributed by atoms with van der Waals surface area (Å²) in [6.07, 6.45) is 3.27. The number of aromatic nitrogens is 2. The van der Waals surface area contributed by atoms with Gasteiger partial charge >= 0.3 is 5.97 Å². The number of hydrogen-bond donors (Lipinski definition) is 1. The van der Waals surface area contributed by atoms with E-state index in [1.165, 1.54) is 6.20 Å². The molecular weight excluding hydrogens is 264 g/mol. The van der Waals surface area contributed by atoms with E-state index in [0.29, 0.717) is 11.6 Å². The first-order valence-electron chi connectivity index (χ1n) is 6.97. The zero-order valence-corrected chi connectivity index (χ0v) is 12.8. The summed E-state index contributed by atoms with van der Waals surface area (Å²) in [6.45, 7) is 8.11. The van der Waals surface area contributed by atoms with Crippen molar-refractivity contribution in [1.82, 2.24) is 9.78 Å². The Bertz CT molecular complexity index is 693. The molecule has 0 atom stereocenters. The zero-order chi connectivity index (χ0) is 15.6. The van der Waals surface area contributed by atoms with Crippen LogP contribution in [0.2, 0.25) is 0 Å². The van der Waals surface area contributed by atoms with E-state index in [0.717, 1.165) is 16.8 Å². The van der Waals surface area contributed by atoms with Crippen LogP contribution in [0.25, 0.3) is 11.8 Å². The lowest BCUT2D eigenvalue weighted by atomic mass is 10.0. The summed E-state index contributed by atoms with van der Waals surface area (Å²) >= 11 is 0. The first kappa shape index (κ1) is 15.0. The van der Waals surface area contributed by atoms with Crippen molar-refractivity contribution in [3.8, 4) is 5.69 Å². The van der Waals surface area contributed by atoms with Crippen molar-refractivity contribution in [1.29, 1.82) is 0 Å². The number of hydrogen-bond acceptors (Lipinski definition) is 2. The summed E-state index contributed by atoms with van der Waals surface area (Å²) in [5.41, 5.74) is 3.92. The minimum Gasteiger partial charge on any atom is -0.478 e. The lowest BCUT2D eigenvalue weighted by molar-refractivity contribution is 0.0696. The Balaban J connectivity index is 2.71. The molecule has 0 aliphatic heterocycles. The second-order valence-electron chi connectivity index (χ2n) is 5.60. The summed E-state index contributed by atoms with van der Waals surface area (Å²) in [5, 5.41) is 13.6. The van der Waals surface area contributed by atoms with Gasteiger partial charge in [0.15, 0.2) is 0 Å². The molecule has 0 aliphatic carbocycles. The maximum atomic E-state index is 11.4. The molecule has 4 nitrogen and oxygen atoms in total. The first-order chi connectivity index (χ1) is 9.91. The standard InChI is InChI=1S/C17H20N2O2/c1-11(2)9-16-14(17(20)21)10-18-19(16)15-8-6-5-7-13(15)12(3)4/h5-10,12H,1-4H3,(H,20,21). The monoisotopic (exact) mass is 284 g/mol. The molecule has 0 amide bonds. The van der Waals surface area contributed by atoms with E-state index < -0.39 is 5.97 Å². The third kappa shape index (κ3) is 3.05. The van der Waals surface area contributed by atoms with Crippen molar-refractivity contribution < 1.29 is 9.90 Å². The molecule has 110 valence electrons. The largest absolute Gasteiger partial charge is 0.478 e. The zero-order valence-electron chi connectivity index (χ0n) is 12.8. The molecule has 1 aromatic heterocycles. The van der Waals surface area contributed by atoms with Gasteiger partial charge in [-0.3, -0.25) is 0 Å². The highest BCUT2D eigenvalue weighted by Crippen LogP contribution is 2.25. The van der Waals surface area contributed by atoms with Crippen LogP contribution in [0, 0.1) is 0 Å². The third-order valence-corrected chi connectivity index (χ3v) is 3.25. The average molecular weight is 284 g/mol. The fourth-order valence-corrected chi connectivity index (χ4v) is 2.30. The molecule has 0 radical (unpaired) electrons. The molecule has 1 aromatic carbocycles. The molecule has 0 saturated carbocycles. The summed E-state index contributed by atoms with van der Waals surface area (Å²) in [4.78, 5) is 11.4. The van der Waals surface area contributed by atoms with Crippen LogP contribution in [0.1, 0.15) is 55.2 Å². The fourth-order valence-electron chi connectivity index (χ4n) is 2.30. The van der Waals surface area contributed by atoms with E-state index in [1.54, 1.807) is 4.68 Å². The van der Waals surface area contributed by atoms with Crippen molar-refractivity contribution in [3.63, 3.8) is 0 Å². The van der Waals surface area contributed by atoms with Gasteiger partial charge < -0.3 is 5.11 Å². The lowest BCUT2D eigenvalue weighted by Crippen LogP contribution is -2.06. The van der Waals surface area contributed by atoms with Gasteiger partial charge in [0.1, 0.15) is 5.56 Å². The summed E-state index contributed by atoms with van der Waals surface area (Å²) in [7, 11) is 0. The quantitative estimate of drug-likeness (QED) is 0.919. The molecule has 4 heteroatoms. The van der Waals surface area contributed by atoms with Crippen molar-refractivity contribution >= 4 is 12.0 Å². The van der Waals surface area contributed by atoms with E-state index in [-0.39, 0.29) is 5.56 Å². The molecule has 1 N–H and O–H groups in total. The number of allylic oxidation sites excluding steroid dienone is 1. The fraction of sp³-hybridized carbons (Fsp3) is 0.294. The van der Waals surface area contributed by atoms with Crippen molar-refractivity contribution in [2.75, 3.05) is 0 Å². The maximum Gasteiger partial charge on any atom is 0.339 e. The number of rotatable bonds is 4. The molecule has 0 fully saturated rings. The highest BCUT2D eigenvalue weighted by Gasteiger charge is 2.18. The molecule has 0 spiro atoms. The minimum atomic E-state index is -0.962. The van der Waals surface area contributed by atoms with Gasteiger partial charge in [-0.1, -0.05) is 37.6 Å². The van der Waals surface area contributed by atoms with Crippen LogP contribution in [0.4, 0.5) is 0 Å². The second-order valence-corrected chi connectivity index (χ2v) is 5.60. The average Bonchev–Trinajstić information content (AvgIpc) is 2.81. The van der Waals surface area contributed by atoms with Crippen LogP contribution in [-0.4, -0.2) is 20.9 Å². The minimum absolute atomic E-state index is 0.217. The Morgan fingerprint density at radius 3 is 2.52 bits per heavy atom.